The van der Waals surface area contributed by atoms with E-state index in [0.717, 1.165) is 18.0 Å². The topological polar surface area (TPSA) is 29.1 Å². The molecule has 0 heterocycles. The molecule has 0 aromatic rings. The summed E-state index contributed by atoms with van der Waals surface area (Å²) < 4.78 is 0. The van der Waals surface area contributed by atoms with E-state index in [-0.39, 0.29) is 5.52 Å². The first-order valence-electron chi connectivity index (χ1n) is 3.37. The lowest BCUT2D eigenvalue weighted by molar-refractivity contribution is -0.107. The predicted molar refractivity (Wildman–Crippen MR) is 54.9 cm³/mol. The predicted octanol–water partition coefficient (Wildman–Crippen LogP) is 1.24. The van der Waals surface area contributed by atoms with Crippen molar-refractivity contribution < 1.29 is 4.79 Å². The van der Waals surface area contributed by atoms with Crippen LogP contribution in [0.25, 0.3) is 0 Å². The van der Waals surface area contributed by atoms with Crippen LogP contribution in [0.4, 0.5) is 0 Å². The van der Waals surface area contributed by atoms with Crippen molar-refractivity contribution in [1.82, 2.24) is 5.32 Å². The molecule has 0 spiro atoms. The van der Waals surface area contributed by atoms with Gasteiger partial charge >= 0.3 is 0 Å². The zero-order valence-electron chi connectivity index (χ0n) is 6.89. The molecule has 0 bridgehead atoms. The second-order valence-corrected chi connectivity index (χ2v) is 3.70. The first-order chi connectivity index (χ1) is 5.16. The Labute approximate surface area is 74.4 Å². The van der Waals surface area contributed by atoms with Gasteiger partial charge in [0, 0.05) is 24.1 Å². The summed E-state index contributed by atoms with van der Waals surface area (Å²) >= 11 is 1.78. The fraction of sp³-hybridized carbons (Fsp3) is 0.571. The van der Waals surface area contributed by atoms with Gasteiger partial charge in [0.15, 0.2) is 5.52 Å². The Bertz CT molecular complexity index is 159. The Morgan fingerprint density at radius 2 is 2.36 bits per heavy atom. The van der Waals surface area contributed by atoms with Crippen LogP contribution in [0.1, 0.15) is 6.92 Å². The van der Waals surface area contributed by atoms with Gasteiger partial charge in [0.2, 0.25) is 0 Å². The van der Waals surface area contributed by atoms with Crippen LogP contribution in [-0.4, -0.2) is 24.1 Å². The average molecular weight is 191 g/mol. The summed E-state index contributed by atoms with van der Waals surface area (Å²) in [5, 5.41) is 3.12. The SMILES string of the molecule is CSCCN/C(C)=C\C(=O)P. The molecule has 0 radical (unpaired) electrons. The molecular formula is C7H14NOPS. The van der Waals surface area contributed by atoms with Gasteiger partial charge in [-0.1, -0.05) is 9.24 Å². The van der Waals surface area contributed by atoms with Crippen molar-refractivity contribution in [2.24, 2.45) is 0 Å². The number of carbonyl (C=O) groups is 1. The minimum absolute atomic E-state index is 0.0131. The van der Waals surface area contributed by atoms with Gasteiger partial charge in [-0.15, -0.1) is 0 Å². The average Bonchev–Trinajstić information content (AvgIpc) is 1.86. The lowest BCUT2D eigenvalue weighted by atomic mass is 10.4. The Kier molecular flexibility index (Phi) is 6.68. The van der Waals surface area contributed by atoms with Crippen LogP contribution in [-0.2, 0) is 4.79 Å². The van der Waals surface area contributed by atoms with Crippen molar-refractivity contribution in [1.29, 1.82) is 0 Å². The fourth-order valence-corrected chi connectivity index (χ4v) is 1.17. The first-order valence-corrected chi connectivity index (χ1v) is 5.34. The molecule has 4 heteroatoms. The van der Waals surface area contributed by atoms with E-state index in [1.165, 1.54) is 0 Å². The molecule has 2 nitrogen and oxygen atoms in total. The van der Waals surface area contributed by atoms with E-state index in [9.17, 15) is 4.79 Å². The molecule has 0 aliphatic rings. The van der Waals surface area contributed by atoms with Crippen molar-refractivity contribution in [3.63, 3.8) is 0 Å². The second-order valence-electron chi connectivity index (χ2n) is 2.15. The van der Waals surface area contributed by atoms with E-state index in [1.54, 1.807) is 17.8 Å². The summed E-state index contributed by atoms with van der Waals surface area (Å²) in [6.07, 6.45) is 3.63. The van der Waals surface area contributed by atoms with E-state index < -0.39 is 0 Å². The van der Waals surface area contributed by atoms with Crippen LogP contribution in [0.5, 0.6) is 0 Å². The molecule has 64 valence electrons. The number of thioether (sulfide) groups is 1. The van der Waals surface area contributed by atoms with Crippen molar-refractivity contribution in [2.45, 2.75) is 6.92 Å². The summed E-state index contributed by atoms with van der Waals surface area (Å²) in [5.74, 6) is 1.07. The van der Waals surface area contributed by atoms with Crippen LogP contribution < -0.4 is 5.32 Å². The lowest BCUT2D eigenvalue weighted by Gasteiger charge is -2.03. The van der Waals surface area contributed by atoms with E-state index in [2.05, 4.69) is 20.8 Å². The van der Waals surface area contributed by atoms with Crippen LogP contribution in [0, 0.1) is 0 Å². The molecule has 1 N–H and O–H groups in total. The monoisotopic (exact) mass is 191 g/mol. The maximum Gasteiger partial charge on any atom is 0.172 e. The van der Waals surface area contributed by atoms with Gasteiger partial charge in [0.1, 0.15) is 0 Å². The van der Waals surface area contributed by atoms with Crippen molar-refractivity contribution in [3.8, 4) is 0 Å². The van der Waals surface area contributed by atoms with Gasteiger partial charge in [0.05, 0.1) is 0 Å². The number of nitrogens with one attached hydrogen (secondary N) is 1. The minimum Gasteiger partial charge on any atom is -0.388 e. The Balaban J connectivity index is 3.51. The molecule has 11 heavy (non-hydrogen) atoms. The highest BCUT2D eigenvalue weighted by Crippen LogP contribution is 1.94. The molecule has 0 aliphatic heterocycles. The van der Waals surface area contributed by atoms with Crippen molar-refractivity contribution >= 4 is 26.5 Å². The minimum atomic E-state index is 0.0131. The summed E-state index contributed by atoms with van der Waals surface area (Å²) in [7, 11) is 2.12. The van der Waals surface area contributed by atoms with Crippen LogP contribution in [0.3, 0.4) is 0 Å². The van der Waals surface area contributed by atoms with Crippen LogP contribution >= 0.6 is 21.0 Å². The van der Waals surface area contributed by atoms with Gasteiger partial charge in [0.25, 0.3) is 0 Å². The molecule has 1 unspecified atom stereocenters. The zero-order chi connectivity index (χ0) is 8.69. The summed E-state index contributed by atoms with van der Waals surface area (Å²) in [4.78, 5) is 10.5. The lowest BCUT2D eigenvalue weighted by Crippen LogP contribution is -2.14. The van der Waals surface area contributed by atoms with E-state index in [4.69, 9.17) is 0 Å². The quantitative estimate of drug-likeness (QED) is 0.403. The fourth-order valence-electron chi connectivity index (χ4n) is 0.615. The molecule has 0 aromatic heterocycles. The number of allylic oxidation sites excluding steroid dienone is 2. The molecule has 0 aromatic carbocycles. The van der Waals surface area contributed by atoms with Gasteiger partial charge < -0.3 is 5.32 Å². The Morgan fingerprint density at radius 1 is 1.73 bits per heavy atom. The third kappa shape index (κ3) is 7.89. The molecule has 1 atom stereocenters. The van der Waals surface area contributed by atoms with E-state index in [0.29, 0.717) is 0 Å². The summed E-state index contributed by atoms with van der Waals surface area (Å²) in [6.45, 7) is 2.81. The highest BCUT2D eigenvalue weighted by Gasteiger charge is 1.89. The standard InChI is InChI=1S/C7H14NOPS/c1-6(5-7(9)10)8-3-4-11-2/h5,8H,3-4,10H2,1-2H3/b6-5-. The molecule has 0 saturated carbocycles. The molecule has 0 aliphatic carbocycles. The molecule has 0 saturated heterocycles. The maximum absolute atomic E-state index is 10.5. The van der Waals surface area contributed by atoms with Crippen molar-refractivity contribution in [3.05, 3.63) is 11.8 Å². The van der Waals surface area contributed by atoms with E-state index in [1.807, 2.05) is 6.92 Å². The van der Waals surface area contributed by atoms with Gasteiger partial charge in [-0.05, 0) is 13.2 Å². The normalized spacial score (nSPS) is 11.4. The second kappa shape index (κ2) is 6.68. The first kappa shape index (κ1) is 11.0. The summed E-state index contributed by atoms with van der Waals surface area (Å²) in [6, 6.07) is 0. The largest absolute Gasteiger partial charge is 0.388 e. The maximum atomic E-state index is 10.5. The van der Waals surface area contributed by atoms with Crippen LogP contribution in [0.15, 0.2) is 11.8 Å². The third-order valence-electron chi connectivity index (χ3n) is 1.07. The molecule has 0 rings (SSSR count). The summed E-state index contributed by atoms with van der Waals surface area (Å²) in [5.41, 5.74) is 0.943. The molecular weight excluding hydrogens is 177 g/mol. The Hall–Kier alpha value is -0.0100. The number of carbonyl (C=O) groups excluding carboxylic acids is 1. The van der Waals surface area contributed by atoms with E-state index >= 15 is 0 Å². The van der Waals surface area contributed by atoms with Crippen molar-refractivity contribution in [2.75, 3.05) is 18.6 Å². The third-order valence-corrected chi connectivity index (χ3v) is 1.85. The number of rotatable bonds is 5. The highest BCUT2D eigenvalue weighted by atomic mass is 32.2. The number of hydrogen-bond acceptors (Lipinski definition) is 3. The van der Waals surface area contributed by atoms with Crippen LogP contribution in [0.2, 0.25) is 0 Å². The van der Waals surface area contributed by atoms with Gasteiger partial charge in [-0.25, -0.2) is 0 Å². The van der Waals surface area contributed by atoms with Gasteiger partial charge in [-0.2, -0.15) is 11.8 Å². The highest BCUT2D eigenvalue weighted by molar-refractivity contribution is 7.98. The molecule has 0 amide bonds. The molecule has 0 fully saturated rings. The Morgan fingerprint density at radius 3 is 2.82 bits per heavy atom. The van der Waals surface area contributed by atoms with Gasteiger partial charge in [-0.3, -0.25) is 4.79 Å². The zero-order valence-corrected chi connectivity index (χ0v) is 8.86. The number of hydrogen-bond donors (Lipinski definition) is 1. The smallest absolute Gasteiger partial charge is 0.172 e.